The summed E-state index contributed by atoms with van der Waals surface area (Å²) in [5, 5.41) is 0.531. The maximum atomic E-state index is 12.8. The molecule has 2 aliphatic carbocycles. The van der Waals surface area contributed by atoms with Crippen LogP contribution in [-0.2, 0) is 30.7 Å². The van der Waals surface area contributed by atoms with E-state index in [1.165, 1.54) is 0 Å². The number of carbonyl (C=O) groups is 1. The molecule has 0 radical (unpaired) electrons. The zero-order valence-electron chi connectivity index (χ0n) is 17.2. The van der Waals surface area contributed by atoms with Crippen molar-refractivity contribution in [3.63, 3.8) is 0 Å². The molecular weight excluding hydrogens is 386 g/mol. The first-order chi connectivity index (χ1) is 13.9. The maximum absolute atomic E-state index is 12.8. The van der Waals surface area contributed by atoms with Crippen LogP contribution in [0.4, 0.5) is 4.79 Å². The van der Waals surface area contributed by atoms with Gasteiger partial charge in [0.25, 0.3) is 0 Å². The summed E-state index contributed by atoms with van der Waals surface area (Å²) >= 11 is 6.52. The Kier molecular flexibility index (Phi) is 5.77. The summed E-state index contributed by atoms with van der Waals surface area (Å²) in [6, 6.07) is 9.93. The Balaban J connectivity index is 1.48. The third-order valence-electron chi connectivity index (χ3n) is 6.05. The van der Waals surface area contributed by atoms with Gasteiger partial charge in [0.1, 0.15) is 17.6 Å². The van der Waals surface area contributed by atoms with Crippen LogP contribution in [0.15, 0.2) is 30.3 Å². The first kappa shape index (κ1) is 20.1. The van der Waals surface area contributed by atoms with E-state index in [4.69, 9.17) is 21.3 Å². The Morgan fingerprint density at radius 2 is 2.00 bits per heavy atom. The van der Waals surface area contributed by atoms with Gasteiger partial charge in [-0.15, -0.1) is 0 Å². The lowest BCUT2D eigenvalue weighted by molar-refractivity contribution is 0.0571. The lowest BCUT2D eigenvalue weighted by atomic mass is 9.76. The van der Waals surface area contributed by atoms with E-state index in [-0.39, 0.29) is 24.2 Å². The van der Waals surface area contributed by atoms with E-state index in [9.17, 15) is 4.79 Å². The van der Waals surface area contributed by atoms with Gasteiger partial charge < -0.3 is 4.74 Å². The Bertz CT molecular complexity index is 881. The molecule has 1 amide bonds. The Morgan fingerprint density at radius 1 is 1.24 bits per heavy atom. The van der Waals surface area contributed by atoms with Gasteiger partial charge in [-0.05, 0) is 49.5 Å². The van der Waals surface area contributed by atoms with Gasteiger partial charge in [0.05, 0.1) is 6.54 Å². The Morgan fingerprint density at radius 3 is 2.69 bits per heavy atom. The summed E-state index contributed by atoms with van der Waals surface area (Å²) in [5.74, 6) is 0.608. The number of hydrogen-bond acceptors (Lipinski definition) is 4. The number of aryl methyl sites for hydroxylation is 1. The molecule has 6 heteroatoms. The quantitative estimate of drug-likeness (QED) is 0.621. The average molecular weight is 414 g/mol. The van der Waals surface area contributed by atoms with Crippen molar-refractivity contribution < 1.29 is 9.53 Å². The molecule has 1 saturated carbocycles. The van der Waals surface area contributed by atoms with Crippen LogP contribution in [0.25, 0.3) is 0 Å². The average Bonchev–Trinajstić information content (AvgIpc) is 2.65. The number of halogens is 1. The molecule has 1 aromatic heterocycles. The molecule has 2 aromatic rings. The second-order valence-corrected chi connectivity index (χ2v) is 9.31. The van der Waals surface area contributed by atoms with Crippen LogP contribution in [0.5, 0.6) is 0 Å². The van der Waals surface area contributed by atoms with Gasteiger partial charge in [-0.2, -0.15) is 0 Å². The van der Waals surface area contributed by atoms with Crippen LogP contribution in [0, 0.1) is 5.41 Å². The molecule has 1 aromatic carbocycles. The minimum Gasteiger partial charge on any atom is -0.445 e. The minimum absolute atomic E-state index is 0.190. The van der Waals surface area contributed by atoms with Crippen LogP contribution in [0.3, 0.4) is 0 Å². The topological polar surface area (TPSA) is 55.3 Å². The molecule has 0 aliphatic heterocycles. The minimum atomic E-state index is -0.308. The SMILES string of the molecule is CC1(C)CCc2nc(CN(C(=O)OCc3ccccc3)C3CCC3)nc(Cl)c2C1. The summed E-state index contributed by atoms with van der Waals surface area (Å²) < 4.78 is 5.59. The normalized spacial score (nSPS) is 17.9. The molecule has 154 valence electrons. The molecule has 0 bridgehead atoms. The van der Waals surface area contributed by atoms with Crippen molar-refractivity contribution in [2.75, 3.05) is 0 Å². The molecule has 0 spiro atoms. The van der Waals surface area contributed by atoms with Crippen molar-refractivity contribution in [2.45, 2.75) is 71.6 Å². The van der Waals surface area contributed by atoms with Crippen molar-refractivity contribution in [3.05, 3.63) is 58.1 Å². The number of amides is 1. The predicted molar refractivity (Wildman–Crippen MR) is 113 cm³/mol. The van der Waals surface area contributed by atoms with Crippen LogP contribution >= 0.6 is 11.6 Å². The van der Waals surface area contributed by atoms with E-state index in [1.807, 2.05) is 30.3 Å². The number of ether oxygens (including phenoxy) is 1. The van der Waals surface area contributed by atoms with E-state index in [0.717, 1.165) is 55.3 Å². The zero-order chi connectivity index (χ0) is 20.4. The summed E-state index contributed by atoms with van der Waals surface area (Å²) in [5.41, 5.74) is 3.30. The predicted octanol–water partition coefficient (Wildman–Crippen LogP) is 5.34. The van der Waals surface area contributed by atoms with Crippen LogP contribution in [0.2, 0.25) is 5.15 Å². The first-order valence-corrected chi connectivity index (χ1v) is 10.8. The second kappa shape index (κ2) is 8.31. The van der Waals surface area contributed by atoms with Crippen molar-refractivity contribution >= 4 is 17.7 Å². The molecular formula is C23H28ClN3O2. The van der Waals surface area contributed by atoms with Crippen molar-refractivity contribution in [1.29, 1.82) is 0 Å². The number of carbonyl (C=O) groups excluding carboxylic acids is 1. The standard InChI is InChI=1S/C23H28ClN3O2/c1-23(2)12-11-19-18(13-23)21(24)26-20(25-19)14-27(17-9-6-10-17)22(28)29-15-16-7-4-3-5-8-16/h3-5,7-8,17H,6,9-15H2,1-2H3. The summed E-state index contributed by atoms with van der Waals surface area (Å²) in [6.45, 7) is 5.11. The molecule has 29 heavy (non-hydrogen) atoms. The number of fused-ring (bicyclic) bond motifs is 1. The lowest BCUT2D eigenvalue weighted by Crippen LogP contribution is -2.44. The number of rotatable bonds is 5. The van der Waals surface area contributed by atoms with Crippen LogP contribution in [-0.4, -0.2) is 27.0 Å². The largest absolute Gasteiger partial charge is 0.445 e. The molecule has 5 nitrogen and oxygen atoms in total. The fourth-order valence-electron chi connectivity index (χ4n) is 4.02. The van der Waals surface area contributed by atoms with Crippen molar-refractivity contribution in [3.8, 4) is 0 Å². The molecule has 0 saturated heterocycles. The molecule has 1 fully saturated rings. The highest BCUT2D eigenvalue weighted by Gasteiger charge is 2.32. The molecule has 0 N–H and O–H groups in total. The van der Waals surface area contributed by atoms with Gasteiger partial charge in [-0.1, -0.05) is 55.8 Å². The molecule has 0 atom stereocenters. The van der Waals surface area contributed by atoms with Gasteiger partial charge in [0.15, 0.2) is 0 Å². The fourth-order valence-corrected chi connectivity index (χ4v) is 4.29. The summed E-state index contributed by atoms with van der Waals surface area (Å²) in [4.78, 5) is 23.9. The van der Waals surface area contributed by atoms with E-state index in [1.54, 1.807) is 4.90 Å². The van der Waals surface area contributed by atoms with E-state index >= 15 is 0 Å². The fraction of sp³-hybridized carbons (Fsp3) is 0.522. The number of benzene rings is 1. The van der Waals surface area contributed by atoms with Gasteiger partial charge in [-0.25, -0.2) is 14.8 Å². The monoisotopic (exact) mass is 413 g/mol. The number of aromatic nitrogens is 2. The summed E-state index contributed by atoms with van der Waals surface area (Å²) in [7, 11) is 0. The molecule has 4 rings (SSSR count). The molecule has 1 heterocycles. The smallest absolute Gasteiger partial charge is 0.410 e. The Labute approximate surface area is 177 Å². The molecule has 0 unspecified atom stereocenters. The zero-order valence-corrected chi connectivity index (χ0v) is 17.9. The van der Waals surface area contributed by atoms with Crippen molar-refractivity contribution in [1.82, 2.24) is 14.9 Å². The van der Waals surface area contributed by atoms with E-state index in [0.29, 0.717) is 17.5 Å². The first-order valence-electron chi connectivity index (χ1n) is 10.4. The maximum Gasteiger partial charge on any atom is 0.410 e. The lowest BCUT2D eigenvalue weighted by Gasteiger charge is -2.36. The number of hydrogen-bond donors (Lipinski definition) is 0. The van der Waals surface area contributed by atoms with Crippen LogP contribution < -0.4 is 0 Å². The van der Waals surface area contributed by atoms with Gasteiger partial charge in [-0.3, -0.25) is 4.90 Å². The van der Waals surface area contributed by atoms with Gasteiger partial charge >= 0.3 is 6.09 Å². The highest BCUT2D eigenvalue weighted by atomic mass is 35.5. The molecule has 2 aliphatic rings. The Hall–Kier alpha value is -2.14. The van der Waals surface area contributed by atoms with Gasteiger partial charge in [0, 0.05) is 17.3 Å². The number of nitrogens with zero attached hydrogens (tertiary/aromatic N) is 3. The van der Waals surface area contributed by atoms with E-state index in [2.05, 4.69) is 18.8 Å². The second-order valence-electron chi connectivity index (χ2n) is 8.95. The van der Waals surface area contributed by atoms with E-state index < -0.39 is 0 Å². The van der Waals surface area contributed by atoms with Gasteiger partial charge in [0.2, 0.25) is 0 Å². The highest BCUT2D eigenvalue weighted by Crippen LogP contribution is 2.36. The third-order valence-corrected chi connectivity index (χ3v) is 6.36. The van der Waals surface area contributed by atoms with Crippen LogP contribution in [0.1, 0.15) is 62.2 Å². The third kappa shape index (κ3) is 4.72. The highest BCUT2D eigenvalue weighted by molar-refractivity contribution is 6.30. The summed E-state index contributed by atoms with van der Waals surface area (Å²) in [6.07, 6.45) is 5.69. The van der Waals surface area contributed by atoms with Crippen molar-refractivity contribution in [2.24, 2.45) is 5.41 Å².